The van der Waals surface area contributed by atoms with Crippen LogP contribution in [0, 0.1) is 24.4 Å². The van der Waals surface area contributed by atoms with Crippen LogP contribution in [0.3, 0.4) is 0 Å². The Hall–Kier alpha value is -4.22. The van der Waals surface area contributed by atoms with Crippen molar-refractivity contribution in [3.05, 3.63) is 82.7 Å². The van der Waals surface area contributed by atoms with Crippen LogP contribution in [0.1, 0.15) is 26.3 Å². The van der Waals surface area contributed by atoms with Crippen LogP contribution < -0.4 is 20.5 Å². The molecule has 0 aliphatic rings. The summed E-state index contributed by atoms with van der Waals surface area (Å²) in [6, 6.07) is 7.47. The Kier molecular flexibility index (Phi) is 6.70. The number of amides is 2. The lowest BCUT2D eigenvalue weighted by Crippen LogP contribution is -2.18. The summed E-state index contributed by atoms with van der Waals surface area (Å²) in [4.78, 5) is 24.1. The minimum absolute atomic E-state index is 0.0366. The number of carbonyl (C=O) groups excluding carboxylic acids is 2. The third-order valence-corrected chi connectivity index (χ3v) is 4.37. The van der Waals surface area contributed by atoms with Gasteiger partial charge in [0, 0.05) is 11.8 Å². The standard InChI is InChI=1S/C22H14F6N2O4/c1-10-2-6-17(33-12-4-7-16(15(24)9-12)34-22(26,27)28)18(19(10)25)21(32)30-11-3-5-14(23)13(8-11)20(29)31/h2-9H,1H3,(H2,29,31)(H,30,32). The first-order chi connectivity index (χ1) is 15.9. The van der Waals surface area contributed by atoms with E-state index in [1.54, 1.807) is 0 Å². The van der Waals surface area contributed by atoms with Crippen molar-refractivity contribution in [1.29, 1.82) is 0 Å². The van der Waals surface area contributed by atoms with Gasteiger partial charge in [-0.3, -0.25) is 9.59 Å². The van der Waals surface area contributed by atoms with Crippen molar-refractivity contribution in [3.63, 3.8) is 0 Å². The fraction of sp³-hybridized carbons (Fsp3) is 0.0909. The zero-order valence-corrected chi connectivity index (χ0v) is 17.1. The molecule has 0 saturated carbocycles. The van der Waals surface area contributed by atoms with Crippen molar-refractivity contribution >= 4 is 17.5 Å². The maximum absolute atomic E-state index is 14.8. The molecule has 178 valence electrons. The smallest absolute Gasteiger partial charge is 0.456 e. The van der Waals surface area contributed by atoms with Gasteiger partial charge in [0.15, 0.2) is 11.6 Å². The molecule has 0 spiro atoms. The fourth-order valence-electron chi connectivity index (χ4n) is 2.82. The Morgan fingerprint density at radius 2 is 1.59 bits per heavy atom. The Labute approximate surface area is 187 Å². The Morgan fingerprint density at radius 1 is 0.912 bits per heavy atom. The van der Waals surface area contributed by atoms with E-state index < -0.39 is 58.3 Å². The number of rotatable bonds is 6. The molecule has 34 heavy (non-hydrogen) atoms. The predicted molar refractivity (Wildman–Crippen MR) is 107 cm³/mol. The van der Waals surface area contributed by atoms with Gasteiger partial charge in [-0.25, -0.2) is 13.2 Å². The first-order valence-electron chi connectivity index (χ1n) is 9.28. The normalized spacial score (nSPS) is 11.1. The Balaban J connectivity index is 1.92. The van der Waals surface area contributed by atoms with E-state index in [1.165, 1.54) is 19.1 Å². The number of hydrogen-bond acceptors (Lipinski definition) is 4. The molecule has 0 aromatic heterocycles. The second-order valence-corrected chi connectivity index (χ2v) is 6.82. The molecule has 0 aliphatic carbocycles. The number of anilines is 1. The van der Waals surface area contributed by atoms with E-state index >= 15 is 0 Å². The monoisotopic (exact) mass is 484 g/mol. The number of nitrogens with one attached hydrogen (secondary N) is 1. The molecule has 0 fully saturated rings. The van der Waals surface area contributed by atoms with E-state index in [9.17, 15) is 35.9 Å². The lowest BCUT2D eigenvalue weighted by atomic mass is 10.1. The van der Waals surface area contributed by atoms with Crippen molar-refractivity contribution < 1.29 is 45.4 Å². The van der Waals surface area contributed by atoms with Crippen LogP contribution in [0.15, 0.2) is 48.5 Å². The van der Waals surface area contributed by atoms with Crippen LogP contribution in [-0.2, 0) is 0 Å². The molecule has 3 aromatic carbocycles. The van der Waals surface area contributed by atoms with Gasteiger partial charge in [-0.1, -0.05) is 6.07 Å². The minimum atomic E-state index is -5.12. The molecule has 12 heteroatoms. The zero-order valence-electron chi connectivity index (χ0n) is 17.1. The molecule has 0 unspecified atom stereocenters. The molecule has 6 nitrogen and oxygen atoms in total. The van der Waals surface area contributed by atoms with Crippen LogP contribution in [0.25, 0.3) is 0 Å². The summed E-state index contributed by atoms with van der Waals surface area (Å²) in [6.45, 7) is 1.35. The molecule has 3 rings (SSSR count). The summed E-state index contributed by atoms with van der Waals surface area (Å²) >= 11 is 0. The minimum Gasteiger partial charge on any atom is -0.456 e. The van der Waals surface area contributed by atoms with Crippen LogP contribution in [-0.4, -0.2) is 18.2 Å². The van der Waals surface area contributed by atoms with Crippen molar-refractivity contribution in [2.24, 2.45) is 5.73 Å². The number of hydrogen-bond donors (Lipinski definition) is 2. The summed E-state index contributed by atoms with van der Waals surface area (Å²) < 4.78 is 88.3. The van der Waals surface area contributed by atoms with Gasteiger partial charge in [-0.05, 0) is 48.9 Å². The SMILES string of the molecule is Cc1ccc(Oc2ccc(OC(F)(F)F)c(F)c2)c(C(=O)Nc2ccc(F)c(C(N)=O)c2)c1F. The largest absolute Gasteiger partial charge is 0.573 e. The van der Waals surface area contributed by atoms with E-state index in [2.05, 4.69) is 10.1 Å². The number of primary amides is 1. The summed E-state index contributed by atoms with van der Waals surface area (Å²) in [6.07, 6.45) is -5.12. The maximum atomic E-state index is 14.8. The van der Waals surface area contributed by atoms with E-state index in [0.717, 1.165) is 24.3 Å². The number of alkyl halides is 3. The topological polar surface area (TPSA) is 90.7 Å². The highest BCUT2D eigenvalue weighted by Gasteiger charge is 2.32. The molecule has 0 radical (unpaired) electrons. The highest BCUT2D eigenvalue weighted by Crippen LogP contribution is 2.33. The zero-order chi connectivity index (χ0) is 25.2. The lowest BCUT2D eigenvalue weighted by molar-refractivity contribution is -0.275. The van der Waals surface area contributed by atoms with Crippen LogP contribution in [0.5, 0.6) is 17.2 Å². The van der Waals surface area contributed by atoms with Crippen LogP contribution in [0.4, 0.5) is 32.0 Å². The van der Waals surface area contributed by atoms with E-state index in [4.69, 9.17) is 10.5 Å². The van der Waals surface area contributed by atoms with Gasteiger partial charge in [-0.2, -0.15) is 0 Å². The summed E-state index contributed by atoms with van der Waals surface area (Å²) in [7, 11) is 0. The maximum Gasteiger partial charge on any atom is 0.573 e. The number of ether oxygens (including phenoxy) is 2. The summed E-state index contributed by atoms with van der Waals surface area (Å²) in [5, 5.41) is 2.27. The molecular weight excluding hydrogens is 470 g/mol. The van der Waals surface area contributed by atoms with Gasteiger partial charge in [-0.15, -0.1) is 13.2 Å². The number of nitrogens with two attached hydrogens (primary N) is 1. The molecule has 2 amide bonds. The average molecular weight is 484 g/mol. The molecule has 0 saturated heterocycles. The second-order valence-electron chi connectivity index (χ2n) is 6.82. The molecule has 0 bridgehead atoms. The average Bonchev–Trinajstić information content (AvgIpc) is 2.73. The van der Waals surface area contributed by atoms with Gasteiger partial charge in [0.2, 0.25) is 0 Å². The number of carbonyl (C=O) groups is 2. The van der Waals surface area contributed by atoms with Gasteiger partial charge >= 0.3 is 6.36 Å². The van der Waals surface area contributed by atoms with Gasteiger partial charge in [0.05, 0.1) is 5.56 Å². The highest BCUT2D eigenvalue weighted by atomic mass is 19.4. The van der Waals surface area contributed by atoms with Gasteiger partial charge in [0.1, 0.15) is 28.7 Å². The van der Waals surface area contributed by atoms with E-state index in [1.807, 2.05) is 0 Å². The Morgan fingerprint density at radius 3 is 2.21 bits per heavy atom. The number of benzene rings is 3. The molecule has 0 atom stereocenters. The summed E-state index contributed by atoms with van der Waals surface area (Å²) in [5.74, 6) is -7.41. The lowest BCUT2D eigenvalue weighted by Gasteiger charge is -2.15. The number of aryl methyl sites for hydroxylation is 1. The second kappa shape index (κ2) is 9.33. The molecule has 3 aromatic rings. The van der Waals surface area contributed by atoms with Crippen molar-refractivity contribution in [3.8, 4) is 17.2 Å². The molecule has 3 N–H and O–H groups in total. The quantitative estimate of drug-likeness (QED) is 0.455. The van der Waals surface area contributed by atoms with Crippen LogP contribution >= 0.6 is 0 Å². The van der Waals surface area contributed by atoms with Gasteiger partial charge in [0.25, 0.3) is 11.8 Å². The van der Waals surface area contributed by atoms with E-state index in [0.29, 0.717) is 12.1 Å². The third kappa shape index (κ3) is 5.57. The van der Waals surface area contributed by atoms with Crippen molar-refractivity contribution in [2.45, 2.75) is 13.3 Å². The van der Waals surface area contributed by atoms with Crippen LogP contribution in [0.2, 0.25) is 0 Å². The first-order valence-corrected chi connectivity index (χ1v) is 9.28. The first kappa shape index (κ1) is 24.4. The highest BCUT2D eigenvalue weighted by molar-refractivity contribution is 6.07. The fourth-order valence-corrected chi connectivity index (χ4v) is 2.82. The predicted octanol–water partition coefficient (Wildman–Crippen LogP) is 5.45. The molecular formula is C22H14F6N2O4. The number of halogens is 6. The Bertz CT molecular complexity index is 1280. The van der Waals surface area contributed by atoms with Gasteiger partial charge < -0.3 is 20.5 Å². The summed E-state index contributed by atoms with van der Waals surface area (Å²) in [5.41, 5.74) is 3.85. The van der Waals surface area contributed by atoms with E-state index in [-0.39, 0.29) is 17.0 Å². The van der Waals surface area contributed by atoms with Crippen molar-refractivity contribution in [1.82, 2.24) is 0 Å². The van der Waals surface area contributed by atoms with Crippen molar-refractivity contribution in [2.75, 3.05) is 5.32 Å². The molecule has 0 heterocycles. The third-order valence-electron chi connectivity index (χ3n) is 4.37. The molecule has 0 aliphatic heterocycles.